The Labute approximate surface area is 539 Å². The summed E-state index contributed by atoms with van der Waals surface area (Å²) in [5.74, 6) is -0.997. The first-order chi connectivity index (χ1) is 44.3. The minimum absolute atomic E-state index is 0.000332. The lowest BCUT2D eigenvalue weighted by Crippen LogP contribution is -2.45. The molecule has 92 heavy (non-hydrogen) atoms. The fourth-order valence-electron chi connectivity index (χ4n) is 10.9. The maximum atomic E-state index is 14.6. The molecule has 3 aromatic rings. The predicted molar refractivity (Wildman–Crippen MR) is 345 cm³/mol. The number of carbonyl (C=O) groups excluding carboxylic acids is 7. The molecule has 22 nitrogen and oxygen atoms in total. The van der Waals surface area contributed by atoms with Crippen LogP contribution in [0.3, 0.4) is 0 Å². The van der Waals surface area contributed by atoms with E-state index in [1.165, 1.54) is 30.9 Å². The topological polar surface area (TPSA) is 257 Å². The maximum Gasteiger partial charge on any atom is 0.421 e. The van der Waals surface area contributed by atoms with Crippen LogP contribution < -0.4 is 29.2 Å². The fraction of sp³-hybridized carbons (Fsp3) is 0.500. The number of aliphatic imine (C=N–C) groups is 1. The second-order valence-electron chi connectivity index (χ2n) is 23.7. The van der Waals surface area contributed by atoms with Gasteiger partial charge in [-0.15, -0.1) is 0 Å². The van der Waals surface area contributed by atoms with Crippen molar-refractivity contribution in [2.24, 2.45) is 22.7 Å². The Kier molecular flexibility index (Phi) is 27.4. The first-order valence-electron chi connectivity index (χ1n) is 31.7. The number of hydrogen-bond donors (Lipinski definition) is 2. The first kappa shape index (κ1) is 71.1. The lowest BCUT2D eigenvalue weighted by atomic mass is 9.88. The van der Waals surface area contributed by atoms with E-state index in [0.29, 0.717) is 118 Å². The van der Waals surface area contributed by atoms with Crippen LogP contribution in [-0.2, 0) is 60.7 Å². The van der Waals surface area contributed by atoms with Crippen molar-refractivity contribution in [3.63, 3.8) is 0 Å². The van der Waals surface area contributed by atoms with Crippen LogP contribution in [-0.4, -0.2) is 166 Å². The number of ether oxygens (including phenoxy) is 9. The molecule has 0 radical (unpaired) electrons. The Morgan fingerprint density at radius 3 is 1.92 bits per heavy atom. The molecule has 0 fully saturated rings. The molecule has 0 saturated heterocycles. The summed E-state index contributed by atoms with van der Waals surface area (Å²) in [5, 5.41) is 14.7. The van der Waals surface area contributed by atoms with Crippen LogP contribution in [0.5, 0.6) is 23.0 Å². The van der Waals surface area contributed by atoms with Crippen molar-refractivity contribution in [1.29, 1.82) is 0 Å². The van der Waals surface area contributed by atoms with E-state index in [4.69, 9.17) is 42.6 Å². The SMILES string of the molecule is C/C=C/C1=CN2C(=O)c3cc(OC)c(OCCCOc4cc5c(cc4OC)C(O)=[N+]4C=C(/C=C/C)C[C@H]4C(=O)N5C(=O)OCc4ccc(CC(=O)[C@H](C)NC(=O)[C@@H](CC(=O)CCOCCOCCOCCOCCCC(=O)CC(C)C)C(C)C)cc4)cc3N=C[C@@H]2C1. The van der Waals surface area contributed by atoms with Gasteiger partial charge in [-0.2, -0.15) is 4.58 Å². The molecule has 4 atom stereocenters. The highest BCUT2D eigenvalue weighted by molar-refractivity contribution is 6.18. The van der Waals surface area contributed by atoms with Gasteiger partial charge in [0.05, 0.1) is 109 Å². The zero-order valence-electron chi connectivity index (χ0n) is 54.5. The summed E-state index contributed by atoms with van der Waals surface area (Å²) in [4.78, 5) is 102. The van der Waals surface area contributed by atoms with Gasteiger partial charge in [0.1, 0.15) is 23.7 Å². The Bertz CT molecular complexity index is 3290. The van der Waals surface area contributed by atoms with Crippen LogP contribution in [0, 0.1) is 17.8 Å². The van der Waals surface area contributed by atoms with Crippen molar-refractivity contribution in [2.45, 2.75) is 131 Å². The van der Waals surface area contributed by atoms with Gasteiger partial charge in [-0.05, 0) is 68.2 Å². The predicted octanol–water partition coefficient (Wildman–Crippen LogP) is 9.87. The quantitative estimate of drug-likeness (QED) is 0.0399. The summed E-state index contributed by atoms with van der Waals surface area (Å²) < 4.78 is 53.2. The molecule has 496 valence electrons. The van der Waals surface area contributed by atoms with Gasteiger partial charge >= 0.3 is 17.9 Å². The average Bonchev–Trinajstić information content (AvgIpc) is 1.58. The third-order valence-corrected chi connectivity index (χ3v) is 15.8. The molecule has 0 unspecified atom stereocenters. The highest BCUT2D eigenvalue weighted by atomic mass is 16.6. The van der Waals surface area contributed by atoms with Gasteiger partial charge in [-0.25, -0.2) is 9.69 Å². The number of aliphatic hydroxyl groups excluding tert-OH is 1. The number of fused-ring (bicyclic) bond motifs is 4. The third-order valence-electron chi connectivity index (χ3n) is 15.8. The number of rotatable bonds is 38. The molecule has 2 N–H and O–H groups in total. The second kappa shape index (κ2) is 35.5. The number of imide groups is 1. The first-order valence-corrected chi connectivity index (χ1v) is 31.7. The van der Waals surface area contributed by atoms with E-state index in [9.17, 15) is 38.7 Å². The number of ketones is 3. The molecule has 0 bridgehead atoms. The van der Waals surface area contributed by atoms with Crippen LogP contribution in [0.4, 0.5) is 16.2 Å². The number of allylic oxidation sites excluding steroid dienone is 4. The number of amides is 4. The van der Waals surface area contributed by atoms with Crippen LogP contribution in [0.15, 0.2) is 101 Å². The van der Waals surface area contributed by atoms with Gasteiger partial charge in [0.25, 0.3) is 5.91 Å². The normalized spacial score (nSPS) is 16.6. The van der Waals surface area contributed by atoms with Crippen LogP contribution in [0.25, 0.3) is 0 Å². The molecule has 22 heteroatoms. The number of methoxy groups -OCH3 is 2. The molecular formula is C70H90N5O17+. The molecule has 0 saturated carbocycles. The van der Waals surface area contributed by atoms with Crippen molar-refractivity contribution in [1.82, 2.24) is 10.2 Å². The van der Waals surface area contributed by atoms with E-state index in [1.807, 2.05) is 72.0 Å². The van der Waals surface area contributed by atoms with Crippen LogP contribution >= 0.6 is 0 Å². The molecule has 0 aliphatic carbocycles. The van der Waals surface area contributed by atoms with E-state index in [-0.39, 0.29) is 116 Å². The minimum Gasteiger partial charge on any atom is -0.493 e. The van der Waals surface area contributed by atoms with Crippen LogP contribution in [0.1, 0.15) is 127 Å². The number of carbonyl (C=O) groups is 7. The lowest BCUT2D eigenvalue weighted by molar-refractivity contribution is -0.482. The molecule has 3 aromatic carbocycles. The monoisotopic (exact) mass is 1270 g/mol. The number of nitrogens with zero attached hydrogens (tertiary/aromatic N) is 4. The highest BCUT2D eigenvalue weighted by Crippen LogP contribution is 2.41. The Morgan fingerprint density at radius 2 is 1.29 bits per heavy atom. The molecule has 4 heterocycles. The molecule has 0 aromatic heterocycles. The van der Waals surface area contributed by atoms with Crippen molar-refractivity contribution in [3.05, 3.63) is 119 Å². The fourth-order valence-corrected chi connectivity index (χ4v) is 10.9. The molecule has 7 rings (SSSR count). The Balaban J connectivity index is 0.874. The Morgan fingerprint density at radius 1 is 0.696 bits per heavy atom. The van der Waals surface area contributed by atoms with Gasteiger partial charge in [-0.1, -0.05) is 76.3 Å². The van der Waals surface area contributed by atoms with Crippen molar-refractivity contribution < 1.29 is 85.9 Å². The lowest BCUT2D eigenvalue weighted by Gasteiger charge is -2.22. The average molecular weight is 1270 g/mol. The van der Waals surface area contributed by atoms with E-state index < -0.39 is 35.9 Å². The van der Waals surface area contributed by atoms with Gasteiger partial charge in [0.15, 0.2) is 35.0 Å². The molecule has 4 aliphatic rings. The zero-order chi connectivity index (χ0) is 66.3. The highest BCUT2D eigenvalue weighted by Gasteiger charge is 2.48. The minimum atomic E-state index is -1.01. The number of aliphatic hydroxyl groups is 1. The van der Waals surface area contributed by atoms with Gasteiger partial charge in [0, 0.05) is 87.2 Å². The smallest absolute Gasteiger partial charge is 0.421 e. The number of nitrogens with one attached hydrogen (secondary N) is 1. The molecule has 4 amide bonds. The number of Topliss-reactive ketones (excluding diaryl/α,β-unsaturated/α-hetero) is 3. The summed E-state index contributed by atoms with van der Waals surface area (Å²) in [6.07, 6.45) is 14.9. The van der Waals surface area contributed by atoms with E-state index >= 15 is 0 Å². The molecule has 0 spiro atoms. The summed E-state index contributed by atoms with van der Waals surface area (Å²) in [5.41, 5.74) is 3.92. The van der Waals surface area contributed by atoms with Gasteiger partial charge < -0.3 is 58.0 Å². The number of hydrogen-bond acceptors (Lipinski definition) is 17. The van der Waals surface area contributed by atoms with E-state index in [1.54, 1.807) is 60.6 Å². The molecular weight excluding hydrogens is 1180 g/mol. The van der Waals surface area contributed by atoms with Crippen molar-refractivity contribution >= 4 is 64.7 Å². The van der Waals surface area contributed by atoms with Gasteiger partial charge in [0.2, 0.25) is 11.9 Å². The van der Waals surface area contributed by atoms with E-state index in [2.05, 4.69) is 10.3 Å². The van der Waals surface area contributed by atoms with Crippen molar-refractivity contribution in [2.75, 3.05) is 85.2 Å². The third kappa shape index (κ3) is 19.9. The van der Waals surface area contributed by atoms with E-state index in [0.717, 1.165) is 16.0 Å². The number of benzene rings is 3. The summed E-state index contributed by atoms with van der Waals surface area (Å²) >= 11 is 0. The molecule has 4 aliphatic heterocycles. The zero-order valence-corrected chi connectivity index (χ0v) is 54.5. The Hall–Kier alpha value is -8.31. The van der Waals surface area contributed by atoms with Crippen molar-refractivity contribution in [3.8, 4) is 23.0 Å². The maximum absolute atomic E-state index is 14.6. The summed E-state index contributed by atoms with van der Waals surface area (Å²) in [6.45, 7) is 16.1. The van der Waals surface area contributed by atoms with Crippen LogP contribution in [0.2, 0.25) is 0 Å². The second-order valence-corrected chi connectivity index (χ2v) is 23.7. The summed E-state index contributed by atoms with van der Waals surface area (Å²) in [6, 6.07) is 11.0. The van der Waals surface area contributed by atoms with Gasteiger partial charge in [-0.3, -0.25) is 33.8 Å². The summed E-state index contributed by atoms with van der Waals surface area (Å²) in [7, 11) is 2.93. The standard InChI is InChI=1S/C70H89N5O17/c1-10-14-50-33-52-41-71-58-39-64(62(84-8)37-56(58)67(80)73(52)42-50)90-23-13-24-91-65-40-59-57(38-63(65)85-9)68(81)74-43-51(15-11-2)34-60(74)69(82)75(59)70(83)92-44-49-19-17-48(18-20-49)35-61(78)47(7)72-66(79)55(46(5)6)36-54(77)21-25-87-27-29-89-31-30-88-28-26-86-22-12-16-53(76)32-45(3)4/h10-11,14-15,17-20,37-43,45-47,52,55,60H,12-13,16,21-36,44H2,1-9H3,(H,72,79)/p+1/b14-10+,15-11+/t47-,52-,55-,60-/m0/s1. The largest absolute Gasteiger partial charge is 0.493 e. The number of anilines is 1.